The van der Waals surface area contributed by atoms with Crippen LogP contribution >= 0.6 is 0 Å². The third kappa shape index (κ3) is 6.49. The molecule has 3 heterocycles. The molecule has 1 aromatic carbocycles. The summed E-state index contributed by atoms with van der Waals surface area (Å²) in [5.41, 5.74) is -0.135. The van der Waals surface area contributed by atoms with E-state index in [0.29, 0.717) is 24.6 Å². The number of piperidine rings is 1. The molecule has 6 nitrogen and oxygen atoms in total. The summed E-state index contributed by atoms with van der Waals surface area (Å²) in [7, 11) is 4.91. The molecule has 1 unspecified atom stereocenters. The highest BCUT2D eigenvalue weighted by Gasteiger charge is 2.49. The van der Waals surface area contributed by atoms with Crippen molar-refractivity contribution in [3.8, 4) is 0 Å². The van der Waals surface area contributed by atoms with Crippen LogP contribution in [0.5, 0.6) is 0 Å². The third-order valence-electron chi connectivity index (χ3n) is 9.09. The van der Waals surface area contributed by atoms with Crippen molar-refractivity contribution in [1.82, 2.24) is 24.6 Å². The minimum atomic E-state index is -4.86. The summed E-state index contributed by atoms with van der Waals surface area (Å²) in [6.45, 7) is 2.23. The predicted molar refractivity (Wildman–Crippen MR) is 153 cm³/mol. The molecule has 0 amide bonds. The third-order valence-corrected chi connectivity index (χ3v) is 9.09. The molecule has 2 aromatic rings. The van der Waals surface area contributed by atoms with Crippen LogP contribution < -0.4 is 4.90 Å². The Kier molecular flexibility index (Phi) is 8.45. The van der Waals surface area contributed by atoms with Gasteiger partial charge in [0.25, 0.3) is 0 Å². The van der Waals surface area contributed by atoms with Crippen LogP contribution in [0.25, 0.3) is 0 Å². The molecule has 2 aliphatic heterocycles. The molecule has 1 aromatic heterocycles. The number of halogens is 6. The maximum Gasteiger partial charge on any atom is 0.418 e. The normalized spacial score (nSPS) is 23.1. The van der Waals surface area contributed by atoms with Crippen LogP contribution in [0.4, 0.5) is 32.0 Å². The van der Waals surface area contributed by atoms with Crippen LogP contribution in [0, 0.1) is 5.92 Å². The van der Waals surface area contributed by atoms with E-state index >= 15 is 0 Å². The molecule has 234 valence electrons. The molecule has 3 aliphatic rings. The summed E-state index contributed by atoms with van der Waals surface area (Å²) in [6.07, 6.45) is 0.335. The molecule has 43 heavy (non-hydrogen) atoms. The Hall–Kier alpha value is -3.28. The van der Waals surface area contributed by atoms with Gasteiger partial charge in [-0.15, -0.1) is 10.2 Å². The van der Waals surface area contributed by atoms with Crippen LogP contribution in [0.2, 0.25) is 0 Å². The van der Waals surface area contributed by atoms with Gasteiger partial charge in [0.2, 0.25) is 0 Å². The highest BCUT2D eigenvalue weighted by atomic mass is 19.4. The zero-order valence-electron chi connectivity index (χ0n) is 24.9. The molecule has 0 bridgehead atoms. The maximum absolute atomic E-state index is 14.5. The summed E-state index contributed by atoms with van der Waals surface area (Å²) < 4.78 is 88.3. The SMILES string of the molecule is C[C@H]1CCCN(C(C2=CN(C)/C(=C\N(C)c3cccc(C4(Cc5nncn5C)CCC4)c3)C(C(F)(F)F)=C2)C(F)(F)F)C1. The fourth-order valence-corrected chi connectivity index (χ4v) is 6.62. The maximum atomic E-state index is 14.5. The van der Waals surface area contributed by atoms with Crippen molar-refractivity contribution in [2.24, 2.45) is 13.0 Å². The van der Waals surface area contributed by atoms with Gasteiger partial charge in [0.1, 0.15) is 18.2 Å². The Morgan fingerprint density at radius 1 is 1.12 bits per heavy atom. The van der Waals surface area contributed by atoms with Crippen LogP contribution in [0.3, 0.4) is 0 Å². The van der Waals surface area contributed by atoms with E-state index in [1.54, 1.807) is 18.3 Å². The van der Waals surface area contributed by atoms with Gasteiger partial charge in [0, 0.05) is 57.6 Å². The van der Waals surface area contributed by atoms with Gasteiger partial charge in [0.05, 0.1) is 11.3 Å². The summed E-state index contributed by atoms with van der Waals surface area (Å²) in [5.74, 6) is 0.897. The minimum Gasteiger partial charge on any atom is -0.349 e. The monoisotopic (exact) mass is 608 g/mol. The average Bonchev–Trinajstić information content (AvgIpc) is 3.30. The number of nitrogens with zero attached hydrogens (tertiary/aromatic N) is 6. The lowest BCUT2D eigenvalue weighted by Gasteiger charge is -2.42. The van der Waals surface area contributed by atoms with Crippen molar-refractivity contribution in [3.05, 3.63) is 77.3 Å². The van der Waals surface area contributed by atoms with Gasteiger partial charge in [-0.1, -0.05) is 25.5 Å². The zero-order valence-corrected chi connectivity index (χ0v) is 24.9. The van der Waals surface area contributed by atoms with E-state index in [-0.39, 0.29) is 30.1 Å². The molecule has 5 rings (SSSR count). The number of likely N-dealkylation sites (tertiary alicyclic amines) is 1. The van der Waals surface area contributed by atoms with Gasteiger partial charge in [-0.3, -0.25) is 4.90 Å². The second-order valence-electron chi connectivity index (χ2n) is 12.3. The zero-order chi connectivity index (χ0) is 31.2. The molecule has 2 fully saturated rings. The largest absolute Gasteiger partial charge is 0.418 e. The number of hydrogen-bond acceptors (Lipinski definition) is 5. The Morgan fingerprint density at radius 3 is 2.44 bits per heavy atom. The van der Waals surface area contributed by atoms with Crippen molar-refractivity contribution in [2.45, 2.75) is 69.3 Å². The van der Waals surface area contributed by atoms with Crippen LogP contribution in [-0.4, -0.2) is 70.1 Å². The van der Waals surface area contributed by atoms with Gasteiger partial charge < -0.3 is 14.4 Å². The van der Waals surface area contributed by atoms with E-state index < -0.39 is 29.5 Å². The lowest BCUT2D eigenvalue weighted by molar-refractivity contribution is -0.176. The molecule has 1 aliphatic carbocycles. The second kappa shape index (κ2) is 11.7. The molecular formula is C31H38F6N6. The first-order valence-corrected chi connectivity index (χ1v) is 14.6. The van der Waals surface area contributed by atoms with Crippen molar-refractivity contribution in [2.75, 3.05) is 32.1 Å². The van der Waals surface area contributed by atoms with Crippen molar-refractivity contribution in [1.29, 1.82) is 0 Å². The van der Waals surface area contributed by atoms with Gasteiger partial charge in [0.15, 0.2) is 0 Å². The molecule has 1 saturated heterocycles. The standard InChI is InChI=1S/C31H38F6N6/c1-21-8-6-13-43(17-21)28(31(35,36)37)22-14-25(30(32,33)34)26(41(3)18-22)19-40(2)24-10-5-9-23(15-24)29(11-7-12-29)16-27-39-38-20-42(27)4/h5,9-10,14-15,18-21,28H,6-8,11-13,16-17H2,1-4H3/b26-19-/t21-,28?/m0/s1. The Morgan fingerprint density at radius 2 is 1.86 bits per heavy atom. The lowest BCUT2D eigenvalue weighted by atomic mass is 9.62. The van der Waals surface area contributed by atoms with Crippen molar-refractivity contribution in [3.63, 3.8) is 0 Å². The quantitative estimate of drug-likeness (QED) is 0.326. The molecule has 12 heteroatoms. The summed E-state index contributed by atoms with van der Waals surface area (Å²) in [4.78, 5) is 4.02. The molecule has 1 saturated carbocycles. The number of benzene rings is 1. The fraction of sp³-hybridized carbons (Fsp3) is 0.548. The summed E-state index contributed by atoms with van der Waals surface area (Å²) in [6, 6.07) is 5.59. The first kappa shape index (κ1) is 31.2. The molecule has 2 atom stereocenters. The van der Waals surface area contributed by atoms with Gasteiger partial charge in [-0.05, 0) is 67.5 Å². The predicted octanol–water partition coefficient (Wildman–Crippen LogP) is 6.74. The van der Waals surface area contributed by atoms with E-state index in [9.17, 15) is 26.3 Å². The number of alkyl halides is 6. The summed E-state index contributed by atoms with van der Waals surface area (Å²) in [5, 5.41) is 8.23. The highest BCUT2D eigenvalue weighted by Crippen LogP contribution is 2.47. The first-order chi connectivity index (χ1) is 20.2. The second-order valence-corrected chi connectivity index (χ2v) is 12.3. The van der Waals surface area contributed by atoms with Crippen molar-refractivity contribution < 1.29 is 26.3 Å². The number of allylic oxidation sites excluding steroid dienone is 1. The number of anilines is 1. The van der Waals surface area contributed by atoms with E-state index in [1.165, 1.54) is 24.3 Å². The number of aromatic nitrogens is 3. The smallest absolute Gasteiger partial charge is 0.349 e. The number of rotatable bonds is 7. The highest BCUT2D eigenvalue weighted by molar-refractivity contribution is 5.55. The minimum absolute atomic E-state index is 0.0333. The van der Waals surface area contributed by atoms with E-state index in [4.69, 9.17) is 0 Å². The number of likely N-dealkylation sites (N-methyl/N-ethyl adjacent to an activating group) is 1. The Bertz CT molecular complexity index is 1400. The Labute approximate surface area is 248 Å². The van der Waals surface area contributed by atoms with Crippen molar-refractivity contribution >= 4 is 5.69 Å². The van der Waals surface area contributed by atoms with Crippen LogP contribution in [0.1, 0.15) is 50.4 Å². The first-order valence-electron chi connectivity index (χ1n) is 14.6. The number of hydrogen-bond donors (Lipinski definition) is 0. The van der Waals surface area contributed by atoms with Crippen LogP contribution in [0.15, 0.2) is 65.9 Å². The number of aryl methyl sites for hydroxylation is 1. The molecule has 0 N–H and O–H groups in total. The molecular weight excluding hydrogens is 570 g/mol. The van der Waals surface area contributed by atoms with E-state index in [2.05, 4.69) is 10.2 Å². The topological polar surface area (TPSA) is 40.4 Å². The van der Waals surface area contributed by atoms with Gasteiger partial charge in [-0.25, -0.2) is 0 Å². The summed E-state index contributed by atoms with van der Waals surface area (Å²) >= 11 is 0. The average molecular weight is 609 g/mol. The Balaban J connectivity index is 1.46. The van der Waals surface area contributed by atoms with E-state index in [0.717, 1.165) is 42.0 Å². The van der Waals surface area contributed by atoms with Crippen LogP contribution in [-0.2, 0) is 18.9 Å². The van der Waals surface area contributed by atoms with Gasteiger partial charge in [-0.2, -0.15) is 26.3 Å². The van der Waals surface area contributed by atoms with E-state index in [1.807, 2.05) is 42.8 Å². The molecule has 0 radical (unpaired) electrons. The fourth-order valence-electron chi connectivity index (χ4n) is 6.62. The van der Waals surface area contributed by atoms with Gasteiger partial charge >= 0.3 is 12.4 Å². The molecule has 0 spiro atoms. The lowest BCUT2D eigenvalue weighted by Crippen LogP contribution is -2.51.